The molecule has 25 heavy (non-hydrogen) atoms. The molecule has 1 saturated heterocycles. The van der Waals surface area contributed by atoms with E-state index in [-0.39, 0.29) is 10.8 Å². The molecule has 1 aromatic rings. The summed E-state index contributed by atoms with van der Waals surface area (Å²) in [7, 11) is -1.92. The number of hydrogen-bond acceptors (Lipinski definition) is 4. The number of aliphatic hydroxyl groups is 1. The molecule has 1 aromatic carbocycles. The van der Waals surface area contributed by atoms with Crippen molar-refractivity contribution in [1.82, 2.24) is 9.21 Å². The summed E-state index contributed by atoms with van der Waals surface area (Å²) in [4.78, 5) is 14.3. The Kier molecular flexibility index (Phi) is 6.59. The van der Waals surface area contributed by atoms with Crippen LogP contribution < -0.4 is 0 Å². The number of aryl methyl sites for hydroxylation is 1. The topological polar surface area (TPSA) is 77.9 Å². The lowest BCUT2D eigenvalue weighted by atomic mass is 10.1. The summed E-state index contributed by atoms with van der Waals surface area (Å²) in [5.41, 5.74) is 1.00. The van der Waals surface area contributed by atoms with Crippen LogP contribution in [0.2, 0.25) is 0 Å². The molecular weight excluding hydrogens is 340 g/mol. The summed E-state index contributed by atoms with van der Waals surface area (Å²) in [6.07, 6.45) is 2.80. The van der Waals surface area contributed by atoms with Gasteiger partial charge in [0.1, 0.15) is 0 Å². The second-order valence-electron chi connectivity index (χ2n) is 6.81. The number of aliphatic hydroxyl groups excluding tert-OH is 1. The zero-order valence-corrected chi connectivity index (χ0v) is 16.1. The van der Waals surface area contributed by atoms with Gasteiger partial charge in [-0.05, 0) is 50.8 Å². The number of amides is 1. The van der Waals surface area contributed by atoms with Gasteiger partial charge in [-0.2, -0.15) is 4.31 Å². The van der Waals surface area contributed by atoms with Crippen LogP contribution in [0.25, 0.3) is 0 Å². The van der Waals surface area contributed by atoms with Gasteiger partial charge >= 0.3 is 0 Å². The van der Waals surface area contributed by atoms with Crippen LogP contribution in [-0.2, 0) is 10.0 Å². The minimum absolute atomic E-state index is 0.212. The third-order valence-electron chi connectivity index (χ3n) is 4.60. The molecule has 140 valence electrons. The molecule has 0 spiro atoms. The summed E-state index contributed by atoms with van der Waals surface area (Å²) < 4.78 is 27.4. The molecule has 0 radical (unpaired) electrons. The number of piperidine rings is 1. The van der Waals surface area contributed by atoms with Gasteiger partial charge in [-0.15, -0.1) is 0 Å². The van der Waals surface area contributed by atoms with Gasteiger partial charge in [0.15, 0.2) is 0 Å². The SMILES string of the molecule is Cc1ccc(C(=O)N(C)CC[C@@H](C)O)cc1S(=O)(=O)N1CCCCC1. The number of carbonyl (C=O) groups is 1. The third-order valence-corrected chi connectivity index (χ3v) is 6.64. The van der Waals surface area contributed by atoms with E-state index in [0.717, 1.165) is 19.3 Å². The minimum atomic E-state index is -3.58. The van der Waals surface area contributed by atoms with E-state index in [4.69, 9.17) is 0 Å². The molecule has 0 aliphatic carbocycles. The number of sulfonamides is 1. The average Bonchev–Trinajstić information content (AvgIpc) is 2.60. The molecule has 7 heteroatoms. The molecule has 1 atom stereocenters. The highest BCUT2D eigenvalue weighted by Gasteiger charge is 2.28. The van der Waals surface area contributed by atoms with Crippen LogP contribution >= 0.6 is 0 Å². The summed E-state index contributed by atoms with van der Waals surface area (Å²) in [5, 5.41) is 9.36. The van der Waals surface area contributed by atoms with E-state index in [9.17, 15) is 18.3 Å². The van der Waals surface area contributed by atoms with Crippen molar-refractivity contribution in [3.8, 4) is 0 Å². The number of hydrogen-bond donors (Lipinski definition) is 1. The molecule has 6 nitrogen and oxygen atoms in total. The van der Waals surface area contributed by atoms with Crippen molar-refractivity contribution >= 4 is 15.9 Å². The molecule has 0 bridgehead atoms. The van der Waals surface area contributed by atoms with Crippen LogP contribution in [0.4, 0.5) is 0 Å². The van der Waals surface area contributed by atoms with Crippen molar-refractivity contribution in [2.45, 2.75) is 50.5 Å². The Bertz CT molecular complexity index is 710. The quantitative estimate of drug-likeness (QED) is 0.833. The molecule has 1 amide bonds. The van der Waals surface area contributed by atoms with Crippen molar-refractivity contribution in [2.75, 3.05) is 26.7 Å². The van der Waals surface area contributed by atoms with E-state index < -0.39 is 16.1 Å². The second kappa shape index (κ2) is 8.29. The molecule has 0 aromatic heterocycles. The summed E-state index contributed by atoms with van der Waals surface area (Å²) in [6, 6.07) is 4.83. The van der Waals surface area contributed by atoms with Crippen LogP contribution in [0.5, 0.6) is 0 Å². The van der Waals surface area contributed by atoms with Crippen molar-refractivity contribution in [3.63, 3.8) is 0 Å². The van der Waals surface area contributed by atoms with E-state index in [1.54, 1.807) is 33.0 Å². The van der Waals surface area contributed by atoms with Crippen LogP contribution in [0.3, 0.4) is 0 Å². The molecule has 1 heterocycles. The molecule has 0 unspecified atom stereocenters. The maximum Gasteiger partial charge on any atom is 0.253 e. The number of benzene rings is 1. The van der Waals surface area contributed by atoms with Crippen molar-refractivity contribution < 1.29 is 18.3 Å². The number of carbonyl (C=O) groups excluding carboxylic acids is 1. The number of rotatable bonds is 6. The van der Waals surface area contributed by atoms with Crippen molar-refractivity contribution in [2.24, 2.45) is 0 Å². The van der Waals surface area contributed by atoms with Gasteiger partial charge in [0.25, 0.3) is 5.91 Å². The van der Waals surface area contributed by atoms with Gasteiger partial charge in [0.2, 0.25) is 10.0 Å². The standard InChI is InChI=1S/C18H28N2O4S/c1-14-7-8-16(18(22)19(3)12-9-15(2)21)13-17(14)25(23,24)20-10-5-4-6-11-20/h7-8,13,15,21H,4-6,9-12H2,1-3H3/t15-/m1/s1. The van der Waals surface area contributed by atoms with Crippen LogP contribution in [0, 0.1) is 6.92 Å². The summed E-state index contributed by atoms with van der Waals surface area (Å²) >= 11 is 0. The first kappa shape index (κ1) is 19.9. The predicted octanol–water partition coefficient (Wildman–Crippen LogP) is 2.01. The zero-order valence-electron chi connectivity index (χ0n) is 15.2. The van der Waals surface area contributed by atoms with Crippen molar-refractivity contribution in [3.05, 3.63) is 29.3 Å². The maximum atomic E-state index is 12.9. The van der Waals surface area contributed by atoms with Gasteiger partial charge < -0.3 is 10.0 Å². The Balaban J connectivity index is 2.26. The normalized spacial score (nSPS) is 17.3. The molecule has 0 saturated carbocycles. The Labute approximate surface area is 150 Å². The van der Waals surface area contributed by atoms with Crippen LogP contribution in [0.15, 0.2) is 23.1 Å². The molecule has 1 aliphatic rings. The molecular formula is C18H28N2O4S. The highest BCUT2D eigenvalue weighted by molar-refractivity contribution is 7.89. The van der Waals surface area contributed by atoms with Gasteiger partial charge in [-0.25, -0.2) is 8.42 Å². The fourth-order valence-electron chi connectivity index (χ4n) is 2.96. The van der Waals surface area contributed by atoms with E-state index >= 15 is 0 Å². The highest BCUT2D eigenvalue weighted by Crippen LogP contribution is 2.24. The minimum Gasteiger partial charge on any atom is -0.393 e. The Morgan fingerprint density at radius 2 is 1.92 bits per heavy atom. The Hall–Kier alpha value is -1.44. The lowest BCUT2D eigenvalue weighted by molar-refractivity contribution is 0.0768. The summed E-state index contributed by atoms with van der Waals surface area (Å²) in [5.74, 6) is -0.240. The van der Waals surface area contributed by atoms with Gasteiger partial charge in [-0.3, -0.25) is 4.79 Å². The molecule has 1 fully saturated rings. The first-order chi connectivity index (χ1) is 11.7. The number of nitrogens with zero attached hydrogens (tertiary/aromatic N) is 2. The second-order valence-corrected chi connectivity index (χ2v) is 8.72. The fourth-order valence-corrected chi connectivity index (χ4v) is 4.73. The zero-order chi connectivity index (χ0) is 18.6. The van der Waals surface area contributed by atoms with E-state index in [1.165, 1.54) is 15.3 Å². The fraction of sp³-hybridized carbons (Fsp3) is 0.611. The van der Waals surface area contributed by atoms with E-state index in [1.807, 2.05) is 0 Å². The van der Waals surface area contributed by atoms with Gasteiger partial charge in [-0.1, -0.05) is 12.5 Å². The van der Waals surface area contributed by atoms with Crippen LogP contribution in [0.1, 0.15) is 48.5 Å². The lowest BCUT2D eigenvalue weighted by Crippen LogP contribution is -2.36. The Morgan fingerprint density at radius 1 is 1.28 bits per heavy atom. The maximum absolute atomic E-state index is 12.9. The molecule has 2 rings (SSSR count). The summed E-state index contributed by atoms with van der Waals surface area (Å²) in [6.45, 7) is 4.91. The molecule has 1 N–H and O–H groups in total. The highest BCUT2D eigenvalue weighted by atomic mass is 32.2. The first-order valence-electron chi connectivity index (χ1n) is 8.78. The third kappa shape index (κ3) is 4.80. The Morgan fingerprint density at radius 3 is 2.52 bits per heavy atom. The van der Waals surface area contributed by atoms with Gasteiger partial charge in [0.05, 0.1) is 11.0 Å². The first-order valence-corrected chi connectivity index (χ1v) is 10.2. The van der Waals surface area contributed by atoms with Crippen LogP contribution in [-0.4, -0.2) is 61.4 Å². The monoisotopic (exact) mass is 368 g/mol. The smallest absolute Gasteiger partial charge is 0.253 e. The predicted molar refractivity (Wildman–Crippen MR) is 97.0 cm³/mol. The largest absolute Gasteiger partial charge is 0.393 e. The van der Waals surface area contributed by atoms with E-state index in [0.29, 0.717) is 37.2 Å². The van der Waals surface area contributed by atoms with E-state index in [2.05, 4.69) is 0 Å². The van der Waals surface area contributed by atoms with Gasteiger partial charge in [0, 0.05) is 32.2 Å². The van der Waals surface area contributed by atoms with Crippen molar-refractivity contribution in [1.29, 1.82) is 0 Å². The molecule has 1 aliphatic heterocycles. The lowest BCUT2D eigenvalue weighted by Gasteiger charge is -2.27. The average molecular weight is 368 g/mol.